The number of carbonyl (C=O) groups excluding carboxylic acids is 2. The molecule has 0 aromatic heterocycles. The largest absolute Gasteiger partial charge is 0.383 e. The SMILES string of the molecule is COCCN1C(=O)[C@@H](CC(=O)Nc2ccc(F)cc2)SC1=Nc1ccc(C)cc1. The van der Waals surface area contributed by atoms with E-state index in [2.05, 4.69) is 10.3 Å². The Morgan fingerprint density at radius 3 is 2.55 bits per heavy atom. The molecule has 0 saturated carbocycles. The highest BCUT2D eigenvalue weighted by Gasteiger charge is 2.39. The van der Waals surface area contributed by atoms with Crippen LogP contribution in [0.4, 0.5) is 15.8 Å². The first-order valence-electron chi connectivity index (χ1n) is 9.14. The lowest BCUT2D eigenvalue weighted by Gasteiger charge is -2.15. The van der Waals surface area contributed by atoms with Crippen molar-refractivity contribution in [1.29, 1.82) is 0 Å². The molecule has 6 nitrogen and oxygen atoms in total. The minimum atomic E-state index is -0.573. The number of aliphatic imine (C=N–C) groups is 1. The first kappa shape index (κ1) is 21.0. The van der Waals surface area contributed by atoms with E-state index in [0.717, 1.165) is 11.3 Å². The second-order valence-corrected chi connectivity index (χ2v) is 7.75. The van der Waals surface area contributed by atoms with Crippen LogP contribution >= 0.6 is 11.8 Å². The van der Waals surface area contributed by atoms with Crippen molar-refractivity contribution in [3.8, 4) is 0 Å². The van der Waals surface area contributed by atoms with Crippen LogP contribution in [0.15, 0.2) is 53.5 Å². The van der Waals surface area contributed by atoms with Gasteiger partial charge in [0, 0.05) is 19.2 Å². The lowest BCUT2D eigenvalue weighted by molar-refractivity contribution is -0.128. The highest BCUT2D eigenvalue weighted by atomic mass is 32.2. The van der Waals surface area contributed by atoms with Gasteiger partial charge in [0.05, 0.1) is 18.8 Å². The van der Waals surface area contributed by atoms with Crippen molar-refractivity contribution < 1.29 is 18.7 Å². The summed E-state index contributed by atoms with van der Waals surface area (Å²) in [6.07, 6.45) is -0.00270. The highest BCUT2D eigenvalue weighted by molar-refractivity contribution is 8.15. The summed E-state index contributed by atoms with van der Waals surface area (Å²) in [4.78, 5) is 31.4. The van der Waals surface area contributed by atoms with Gasteiger partial charge in [-0.05, 0) is 43.3 Å². The van der Waals surface area contributed by atoms with Gasteiger partial charge in [-0.25, -0.2) is 9.38 Å². The molecule has 0 unspecified atom stereocenters. The fraction of sp³-hybridized carbons (Fsp3) is 0.286. The van der Waals surface area contributed by atoms with Gasteiger partial charge in [-0.15, -0.1) is 0 Å². The molecule has 1 aliphatic rings. The molecule has 1 saturated heterocycles. The summed E-state index contributed by atoms with van der Waals surface area (Å²) in [6.45, 7) is 2.72. The topological polar surface area (TPSA) is 71.0 Å². The summed E-state index contributed by atoms with van der Waals surface area (Å²) in [5.41, 5.74) is 2.34. The summed E-state index contributed by atoms with van der Waals surface area (Å²) in [5, 5.41) is 2.67. The minimum Gasteiger partial charge on any atom is -0.383 e. The molecule has 2 aromatic carbocycles. The maximum Gasteiger partial charge on any atom is 0.242 e. The number of rotatable bonds is 7. The zero-order chi connectivity index (χ0) is 20.8. The first-order chi connectivity index (χ1) is 14.0. The number of hydrogen-bond donors (Lipinski definition) is 1. The van der Waals surface area contributed by atoms with Crippen LogP contribution < -0.4 is 5.32 Å². The smallest absolute Gasteiger partial charge is 0.242 e. The molecule has 0 radical (unpaired) electrons. The van der Waals surface area contributed by atoms with E-state index in [1.165, 1.54) is 36.0 Å². The second kappa shape index (κ2) is 9.67. The molecule has 152 valence electrons. The average molecular weight is 415 g/mol. The van der Waals surface area contributed by atoms with E-state index in [1.54, 1.807) is 12.0 Å². The normalized spacial score (nSPS) is 17.8. The molecule has 8 heteroatoms. The quantitative estimate of drug-likeness (QED) is 0.748. The van der Waals surface area contributed by atoms with Crippen molar-refractivity contribution in [1.82, 2.24) is 4.90 Å². The van der Waals surface area contributed by atoms with Crippen LogP contribution in [0.5, 0.6) is 0 Å². The van der Waals surface area contributed by atoms with Crippen LogP contribution in [0.1, 0.15) is 12.0 Å². The van der Waals surface area contributed by atoms with E-state index in [9.17, 15) is 14.0 Å². The Kier molecular flexibility index (Phi) is 7.00. The zero-order valence-electron chi connectivity index (χ0n) is 16.2. The van der Waals surface area contributed by atoms with Crippen molar-refractivity contribution in [3.05, 3.63) is 59.9 Å². The Morgan fingerprint density at radius 1 is 1.21 bits per heavy atom. The lowest BCUT2D eigenvalue weighted by atomic mass is 10.2. The van der Waals surface area contributed by atoms with E-state index >= 15 is 0 Å². The number of benzene rings is 2. The van der Waals surface area contributed by atoms with Crippen molar-refractivity contribution >= 4 is 40.1 Å². The monoisotopic (exact) mass is 415 g/mol. The molecule has 2 aromatic rings. The number of amides is 2. The fourth-order valence-corrected chi connectivity index (χ4v) is 3.94. The van der Waals surface area contributed by atoms with Crippen LogP contribution in [-0.4, -0.2) is 47.4 Å². The van der Waals surface area contributed by atoms with E-state index in [-0.39, 0.29) is 24.1 Å². The average Bonchev–Trinajstić information content (AvgIpc) is 2.98. The van der Waals surface area contributed by atoms with Crippen LogP contribution in [0, 0.1) is 12.7 Å². The number of halogens is 1. The van der Waals surface area contributed by atoms with Gasteiger partial charge < -0.3 is 10.1 Å². The Hall–Kier alpha value is -2.71. The van der Waals surface area contributed by atoms with E-state index in [1.807, 2.05) is 31.2 Å². The lowest BCUT2D eigenvalue weighted by Crippen LogP contribution is -2.35. The standard InChI is InChI=1S/C21H22FN3O3S/c1-14-3-7-17(8-4-14)24-21-25(11-12-28-2)20(27)18(29-21)13-19(26)23-16-9-5-15(22)6-10-16/h3-10,18H,11-13H2,1-2H3,(H,23,26)/t18-/m1/s1. The number of hydrogen-bond acceptors (Lipinski definition) is 5. The summed E-state index contributed by atoms with van der Waals surface area (Å²) >= 11 is 1.27. The number of anilines is 1. The van der Waals surface area contributed by atoms with E-state index < -0.39 is 5.25 Å². The van der Waals surface area contributed by atoms with Gasteiger partial charge in [0.1, 0.15) is 11.1 Å². The molecule has 1 aliphatic heterocycles. The third-order valence-corrected chi connectivity index (χ3v) is 5.47. The van der Waals surface area contributed by atoms with Gasteiger partial charge >= 0.3 is 0 Å². The van der Waals surface area contributed by atoms with Crippen molar-refractivity contribution in [2.75, 3.05) is 25.6 Å². The van der Waals surface area contributed by atoms with E-state index in [4.69, 9.17) is 4.74 Å². The zero-order valence-corrected chi connectivity index (χ0v) is 17.0. The van der Waals surface area contributed by atoms with Crippen LogP contribution in [0.3, 0.4) is 0 Å². The number of nitrogens with zero attached hydrogens (tertiary/aromatic N) is 2. The number of amidine groups is 1. The Labute approximate surface area is 173 Å². The van der Waals surface area contributed by atoms with Gasteiger partial charge in [0.25, 0.3) is 0 Å². The second-order valence-electron chi connectivity index (χ2n) is 6.58. The van der Waals surface area contributed by atoms with Crippen LogP contribution in [0.2, 0.25) is 0 Å². The van der Waals surface area contributed by atoms with Gasteiger partial charge in [0.15, 0.2) is 5.17 Å². The third-order valence-electron chi connectivity index (χ3n) is 4.30. The highest BCUT2D eigenvalue weighted by Crippen LogP contribution is 2.31. The maximum absolute atomic E-state index is 13.0. The number of nitrogens with one attached hydrogen (secondary N) is 1. The summed E-state index contributed by atoms with van der Waals surface area (Å²) in [6, 6.07) is 13.2. The van der Waals surface area contributed by atoms with Crippen LogP contribution in [0.25, 0.3) is 0 Å². The van der Waals surface area contributed by atoms with Gasteiger partial charge in [-0.3, -0.25) is 14.5 Å². The van der Waals surface area contributed by atoms with Gasteiger partial charge in [-0.1, -0.05) is 29.5 Å². The molecule has 0 bridgehead atoms. The molecule has 29 heavy (non-hydrogen) atoms. The number of ether oxygens (including phenoxy) is 1. The van der Waals surface area contributed by atoms with Gasteiger partial charge in [0.2, 0.25) is 11.8 Å². The molecule has 1 heterocycles. The predicted molar refractivity (Wildman–Crippen MR) is 113 cm³/mol. The Balaban J connectivity index is 1.72. The van der Waals surface area contributed by atoms with Crippen molar-refractivity contribution in [2.24, 2.45) is 4.99 Å². The number of thioether (sulfide) groups is 1. The Bertz CT molecular complexity index is 900. The minimum absolute atomic E-state index is 0.00270. The maximum atomic E-state index is 13.0. The molecular formula is C21H22FN3O3S. The van der Waals surface area contributed by atoms with Crippen molar-refractivity contribution in [3.63, 3.8) is 0 Å². The summed E-state index contributed by atoms with van der Waals surface area (Å²) < 4.78 is 18.1. The summed E-state index contributed by atoms with van der Waals surface area (Å²) in [7, 11) is 1.57. The van der Waals surface area contributed by atoms with Gasteiger partial charge in [-0.2, -0.15) is 0 Å². The molecular weight excluding hydrogens is 393 g/mol. The number of carbonyl (C=O) groups is 2. The summed E-state index contributed by atoms with van der Waals surface area (Å²) in [5.74, 6) is -0.867. The van der Waals surface area contributed by atoms with E-state index in [0.29, 0.717) is 24.0 Å². The molecule has 1 atom stereocenters. The van der Waals surface area contributed by atoms with Crippen molar-refractivity contribution in [2.45, 2.75) is 18.6 Å². The fourth-order valence-electron chi connectivity index (χ4n) is 2.76. The molecule has 1 N–H and O–H groups in total. The molecule has 0 spiro atoms. The molecule has 0 aliphatic carbocycles. The molecule has 3 rings (SSSR count). The first-order valence-corrected chi connectivity index (χ1v) is 10.0. The Morgan fingerprint density at radius 2 is 1.90 bits per heavy atom. The molecule has 2 amide bonds. The predicted octanol–water partition coefficient (Wildman–Crippen LogP) is 3.74. The molecule has 1 fully saturated rings. The number of methoxy groups -OCH3 is 1. The third kappa shape index (κ3) is 5.65. The number of aryl methyl sites for hydroxylation is 1. The van der Waals surface area contributed by atoms with Crippen LogP contribution in [-0.2, 0) is 14.3 Å².